The Morgan fingerprint density at radius 2 is 1.33 bits per heavy atom. The van der Waals surface area contributed by atoms with Gasteiger partial charge in [-0.15, -0.1) is 0 Å². The summed E-state index contributed by atoms with van der Waals surface area (Å²) in [7, 11) is 0. The number of carbonyl (C=O) groups is 2. The smallest absolute Gasteiger partial charge is 0.323 e. The Morgan fingerprint density at radius 1 is 0.767 bits per heavy atom. The molecule has 1 aliphatic heterocycles. The number of hydrogen-bond acceptors (Lipinski definition) is 3. The van der Waals surface area contributed by atoms with Crippen LogP contribution in [-0.2, 0) is 15.0 Å². The molecular weight excluding hydrogens is 386 g/mol. The normalized spacial score (nSPS) is 22.1. The second-order valence-corrected chi connectivity index (χ2v) is 7.92. The summed E-state index contributed by atoms with van der Waals surface area (Å²) < 4.78 is 33.9. The van der Waals surface area contributed by atoms with Gasteiger partial charge < -0.3 is 4.74 Å². The number of ketones is 1. The van der Waals surface area contributed by atoms with Gasteiger partial charge in [0.25, 0.3) is 0 Å². The average Bonchev–Trinajstić information content (AvgIpc) is 3.02. The Labute approximate surface area is 172 Å². The van der Waals surface area contributed by atoms with Gasteiger partial charge in [-0.1, -0.05) is 42.5 Å². The Kier molecular flexibility index (Phi) is 4.28. The van der Waals surface area contributed by atoms with Gasteiger partial charge in [0.2, 0.25) is 0 Å². The summed E-state index contributed by atoms with van der Waals surface area (Å²) in [4.78, 5) is 26.4. The molecule has 2 aliphatic rings. The molecule has 30 heavy (non-hydrogen) atoms. The fraction of sp³-hybridized carbons (Fsp3) is 0.200. The predicted octanol–water partition coefficient (Wildman–Crippen LogP) is 5.05. The lowest BCUT2D eigenvalue weighted by Crippen LogP contribution is -2.49. The largest absolute Gasteiger partial charge is 0.426 e. The minimum absolute atomic E-state index is 0.0543. The minimum atomic E-state index is -1.24. The fourth-order valence-electron chi connectivity index (χ4n) is 5.16. The molecule has 1 aliphatic carbocycles. The van der Waals surface area contributed by atoms with Crippen LogP contribution in [0.3, 0.4) is 0 Å². The molecule has 2 atom stereocenters. The molecule has 0 unspecified atom stereocenters. The van der Waals surface area contributed by atoms with Gasteiger partial charge in [-0.3, -0.25) is 9.59 Å². The third-order valence-corrected chi connectivity index (χ3v) is 6.34. The Balaban J connectivity index is 1.81. The number of fused-ring (bicyclic) bond motifs is 2. The lowest BCUT2D eigenvalue weighted by Gasteiger charge is -2.44. The van der Waals surface area contributed by atoms with Crippen molar-refractivity contribution >= 4 is 11.8 Å². The molecule has 0 aromatic heterocycles. The van der Waals surface area contributed by atoms with Crippen LogP contribution in [0.1, 0.15) is 41.4 Å². The van der Waals surface area contributed by atoms with Gasteiger partial charge in [-0.05, 0) is 41.5 Å². The van der Waals surface area contributed by atoms with Crippen LogP contribution in [0.15, 0.2) is 72.8 Å². The van der Waals surface area contributed by atoms with Crippen LogP contribution in [0.5, 0.6) is 5.75 Å². The van der Waals surface area contributed by atoms with E-state index in [0.717, 1.165) is 0 Å². The van der Waals surface area contributed by atoms with Crippen molar-refractivity contribution in [2.75, 3.05) is 0 Å². The molecule has 1 heterocycles. The number of halogens is 2. The maximum atomic E-state index is 14.1. The first-order chi connectivity index (χ1) is 14.5. The lowest BCUT2D eigenvalue weighted by molar-refractivity contribution is -0.142. The van der Waals surface area contributed by atoms with Crippen molar-refractivity contribution in [1.29, 1.82) is 0 Å². The van der Waals surface area contributed by atoms with E-state index in [4.69, 9.17) is 4.74 Å². The molecule has 5 heteroatoms. The summed E-state index contributed by atoms with van der Waals surface area (Å²) in [6.07, 6.45) is 0.164. The van der Waals surface area contributed by atoms with Crippen LogP contribution in [0.25, 0.3) is 0 Å². The first kappa shape index (κ1) is 18.7. The molecule has 0 N–H and O–H groups in total. The van der Waals surface area contributed by atoms with Crippen LogP contribution < -0.4 is 4.74 Å². The zero-order chi connectivity index (χ0) is 20.9. The molecule has 1 fully saturated rings. The number of rotatable bonds is 2. The van der Waals surface area contributed by atoms with Gasteiger partial charge in [-0.2, -0.15) is 0 Å². The zero-order valence-corrected chi connectivity index (χ0v) is 16.0. The van der Waals surface area contributed by atoms with Gasteiger partial charge in [0.1, 0.15) is 28.6 Å². The van der Waals surface area contributed by atoms with E-state index in [1.54, 1.807) is 36.4 Å². The number of Topliss-reactive ketones (excluding diaryl/α,β-unsaturated/α-hetero) is 1. The average molecular weight is 404 g/mol. The van der Waals surface area contributed by atoms with Crippen molar-refractivity contribution in [2.24, 2.45) is 0 Å². The van der Waals surface area contributed by atoms with Crippen molar-refractivity contribution in [1.82, 2.24) is 0 Å². The summed E-state index contributed by atoms with van der Waals surface area (Å²) in [5.74, 6) is -2.25. The Hall–Kier alpha value is -3.34. The molecule has 3 aromatic rings. The van der Waals surface area contributed by atoms with Gasteiger partial charge in [-0.25, -0.2) is 8.78 Å². The molecule has 0 bridgehead atoms. The predicted molar refractivity (Wildman–Crippen MR) is 106 cm³/mol. The van der Waals surface area contributed by atoms with Gasteiger partial charge in [0.15, 0.2) is 0 Å². The Morgan fingerprint density at radius 3 is 1.90 bits per heavy atom. The standard InChI is InChI=1S/C25H18F2O3/c26-17-7-3-5-15(11-17)21-13-19(28)14-22(16-6-4-8-18(27)12-16)25(21)20-9-1-2-10-23(20)30-24(25)29/h1-12,21-22H,13-14H2/t21-,22-/m1/s1. The van der Waals surface area contributed by atoms with Crippen LogP contribution in [0.2, 0.25) is 0 Å². The number of esters is 1. The molecule has 0 amide bonds. The molecule has 3 aromatic carbocycles. The first-order valence-electron chi connectivity index (χ1n) is 9.84. The molecular formula is C25H18F2O3. The van der Waals surface area contributed by atoms with E-state index in [9.17, 15) is 18.4 Å². The van der Waals surface area contributed by atoms with E-state index in [0.29, 0.717) is 22.4 Å². The Bertz CT molecular complexity index is 1110. The molecule has 150 valence electrons. The number of ether oxygens (including phenoxy) is 1. The highest BCUT2D eigenvalue weighted by Gasteiger charge is 2.62. The summed E-state index contributed by atoms with van der Waals surface area (Å²) >= 11 is 0. The van der Waals surface area contributed by atoms with E-state index < -0.39 is 34.9 Å². The van der Waals surface area contributed by atoms with E-state index in [1.165, 1.54) is 24.3 Å². The van der Waals surface area contributed by atoms with E-state index in [1.807, 2.05) is 12.1 Å². The lowest BCUT2D eigenvalue weighted by atomic mass is 9.54. The summed E-state index contributed by atoms with van der Waals surface area (Å²) in [6.45, 7) is 0. The van der Waals surface area contributed by atoms with Crippen LogP contribution in [-0.4, -0.2) is 11.8 Å². The van der Waals surface area contributed by atoms with Crippen molar-refractivity contribution in [3.63, 3.8) is 0 Å². The maximum Gasteiger partial charge on any atom is 0.323 e. The SMILES string of the molecule is O=C1C[C@H](c2cccc(F)c2)C2(C(=O)Oc3ccccc32)[C@@H](c2cccc(F)c2)C1. The quantitative estimate of drug-likeness (QED) is 0.443. The van der Waals surface area contributed by atoms with Gasteiger partial charge in [0, 0.05) is 30.2 Å². The highest BCUT2D eigenvalue weighted by molar-refractivity contribution is 5.97. The van der Waals surface area contributed by atoms with E-state index in [-0.39, 0.29) is 18.6 Å². The minimum Gasteiger partial charge on any atom is -0.426 e. The van der Waals surface area contributed by atoms with E-state index >= 15 is 0 Å². The zero-order valence-electron chi connectivity index (χ0n) is 16.0. The molecule has 1 spiro atoms. The van der Waals surface area contributed by atoms with Crippen LogP contribution in [0, 0.1) is 11.6 Å². The third kappa shape index (κ3) is 2.69. The maximum absolute atomic E-state index is 14.1. The molecule has 0 radical (unpaired) electrons. The van der Waals surface area contributed by atoms with Crippen molar-refractivity contribution < 1.29 is 23.1 Å². The highest BCUT2D eigenvalue weighted by atomic mass is 19.1. The van der Waals surface area contributed by atoms with Crippen molar-refractivity contribution in [3.05, 3.63) is 101 Å². The van der Waals surface area contributed by atoms with Crippen molar-refractivity contribution in [3.8, 4) is 5.75 Å². The van der Waals surface area contributed by atoms with Crippen molar-refractivity contribution in [2.45, 2.75) is 30.1 Å². The molecule has 0 saturated heterocycles. The second-order valence-electron chi connectivity index (χ2n) is 7.92. The fourth-order valence-corrected chi connectivity index (χ4v) is 5.16. The number of hydrogen-bond donors (Lipinski definition) is 0. The monoisotopic (exact) mass is 404 g/mol. The topological polar surface area (TPSA) is 43.4 Å². The van der Waals surface area contributed by atoms with Crippen LogP contribution in [0.4, 0.5) is 8.78 Å². The van der Waals surface area contributed by atoms with E-state index in [2.05, 4.69) is 0 Å². The second kappa shape index (κ2) is 6.87. The number of carbonyl (C=O) groups excluding carboxylic acids is 2. The van der Waals surface area contributed by atoms with Gasteiger partial charge in [0.05, 0.1) is 0 Å². The van der Waals surface area contributed by atoms with Crippen LogP contribution >= 0.6 is 0 Å². The summed E-state index contributed by atoms with van der Waals surface area (Å²) in [5, 5.41) is 0. The summed E-state index contributed by atoms with van der Waals surface area (Å²) in [5.41, 5.74) is 0.522. The molecule has 5 rings (SSSR count). The highest BCUT2D eigenvalue weighted by Crippen LogP contribution is 2.60. The van der Waals surface area contributed by atoms with Gasteiger partial charge >= 0.3 is 5.97 Å². The first-order valence-corrected chi connectivity index (χ1v) is 9.84. The number of para-hydroxylation sites is 1. The number of benzene rings is 3. The summed E-state index contributed by atoms with van der Waals surface area (Å²) in [6, 6.07) is 19.1. The molecule has 1 saturated carbocycles. The molecule has 3 nitrogen and oxygen atoms in total. The third-order valence-electron chi connectivity index (χ3n) is 6.34.